The number of aliphatic hydroxyl groups excluding tert-OH is 1. The third-order valence-corrected chi connectivity index (χ3v) is 3.55. The van der Waals surface area contributed by atoms with Crippen LogP contribution in [0.15, 0.2) is 0 Å². The molecule has 0 saturated heterocycles. The van der Waals surface area contributed by atoms with Crippen molar-refractivity contribution in [3.05, 3.63) is 0 Å². The van der Waals surface area contributed by atoms with Crippen LogP contribution in [0.5, 0.6) is 0 Å². The molecule has 1 aliphatic carbocycles. The van der Waals surface area contributed by atoms with Crippen LogP contribution < -0.4 is 0 Å². The fourth-order valence-electron chi connectivity index (χ4n) is 2.76. The van der Waals surface area contributed by atoms with Crippen LogP contribution in [0.1, 0.15) is 39.5 Å². The lowest BCUT2D eigenvalue weighted by Crippen LogP contribution is -2.23. The highest BCUT2D eigenvalue weighted by Crippen LogP contribution is 2.39. The Bertz CT molecular complexity index is 275. The van der Waals surface area contributed by atoms with Gasteiger partial charge in [0.1, 0.15) is 5.78 Å². The van der Waals surface area contributed by atoms with Gasteiger partial charge in [0.15, 0.2) is 0 Å². The highest BCUT2D eigenvalue weighted by molar-refractivity contribution is 5.87. The van der Waals surface area contributed by atoms with Gasteiger partial charge in [0, 0.05) is 18.9 Å². The summed E-state index contributed by atoms with van der Waals surface area (Å²) in [5.74, 6) is -0.268. The molecule has 1 fully saturated rings. The number of carbonyl (C=O) groups is 2. The molecular formula is C13H22O4. The van der Waals surface area contributed by atoms with Gasteiger partial charge in [-0.3, -0.25) is 9.59 Å². The van der Waals surface area contributed by atoms with Crippen molar-refractivity contribution in [1.29, 1.82) is 0 Å². The first-order valence-electron chi connectivity index (χ1n) is 6.43. The van der Waals surface area contributed by atoms with Crippen molar-refractivity contribution in [2.75, 3.05) is 13.2 Å². The van der Waals surface area contributed by atoms with E-state index in [1.54, 1.807) is 6.92 Å². The van der Waals surface area contributed by atoms with E-state index in [1.807, 2.05) is 0 Å². The molecule has 1 saturated carbocycles. The van der Waals surface area contributed by atoms with Crippen LogP contribution in [0.4, 0.5) is 0 Å². The maximum Gasteiger partial charge on any atom is 0.306 e. The normalized spacial score (nSPS) is 28.4. The summed E-state index contributed by atoms with van der Waals surface area (Å²) in [5, 5.41) is 9.27. The Kier molecular flexibility index (Phi) is 5.62. The van der Waals surface area contributed by atoms with Gasteiger partial charge in [0.25, 0.3) is 0 Å². The van der Waals surface area contributed by atoms with Crippen molar-refractivity contribution >= 4 is 11.8 Å². The Labute approximate surface area is 102 Å². The minimum atomic E-state index is -0.300. The van der Waals surface area contributed by atoms with Crippen molar-refractivity contribution in [3.63, 3.8) is 0 Å². The van der Waals surface area contributed by atoms with E-state index in [0.29, 0.717) is 13.0 Å². The van der Waals surface area contributed by atoms with Crippen LogP contribution in [-0.2, 0) is 14.3 Å². The summed E-state index contributed by atoms with van der Waals surface area (Å²) in [4.78, 5) is 23.3. The van der Waals surface area contributed by atoms with E-state index >= 15 is 0 Å². The second-order valence-corrected chi connectivity index (χ2v) is 4.68. The average molecular weight is 242 g/mol. The summed E-state index contributed by atoms with van der Waals surface area (Å²) >= 11 is 0. The van der Waals surface area contributed by atoms with Crippen LogP contribution in [0, 0.1) is 17.8 Å². The van der Waals surface area contributed by atoms with Crippen LogP contribution >= 0.6 is 0 Å². The number of ketones is 1. The van der Waals surface area contributed by atoms with Crippen LogP contribution in [0.2, 0.25) is 0 Å². The molecule has 1 aliphatic rings. The quantitative estimate of drug-likeness (QED) is 0.718. The van der Waals surface area contributed by atoms with Crippen LogP contribution in [-0.4, -0.2) is 30.1 Å². The fourth-order valence-corrected chi connectivity index (χ4v) is 2.76. The number of hydrogen-bond donors (Lipinski definition) is 1. The lowest BCUT2D eigenvalue weighted by atomic mass is 9.84. The molecule has 0 aromatic carbocycles. The summed E-state index contributed by atoms with van der Waals surface area (Å²) in [6.45, 7) is 4.20. The molecular weight excluding hydrogens is 220 g/mol. The fraction of sp³-hybridized carbons (Fsp3) is 0.846. The van der Waals surface area contributed by atoms with Gasteiger partial charge in [0.2, 0.25) is 0 Å². The summed E-state index contributed by atoms with van der Waals surface area (Å²) in [5.41, 5.74) is 0. The Hall–Kier alpha value is -0.900. The minimum absolute atomic E-state index is 0.0295. The van der Waals surface area contributed by atoms with E-state index in [2.05, 4.69) is 6.92 Å². The molecule has 4 nitrogen and oxygen atoms in total. The molecule has 0 radical (unpaired) electrons. The number of hydrogen-bond acceptors (Lipinski definition) is 4. The summed E-state index contributed by atoms with van der Waals surface area (Å²) < 4.78 is 4.89. The van der Waals surface area contributed by atoms with E-state index in [1.165, 1.54) is 0 Å². The van der Waals surface area contributed by atoms with E-state index in [9.17, 15) is 14.7 Å². The molecule has 0 unspecified atom stereocenters. The van der Waals surface area contributed by atoms with Crippen molar-refractivity contribution in [3.8, 4) is 0 Å². The first-order valence-corrected chi connectivity index (χ1v) is 6.43. The Morgan fingerprint density at radius 2 is 2.18 bits per heavy atom. The van der Waals surface area contributed by atoms with Crippen LogP contribution in [0.3, 0.4) is 0 Å². The Morgan fingerprint density at radius 3 is 2.71 bits per heavy atom. The van der Waals surface area contributed by atoms with Gasteiger partial charge >= 0.3 is 5.97 Å². The Balaban J connectivity index is 2.66. The second-order valence-electron chi connectivity index (χ2n) is 4.68. The smallest absolute Gasteiger partial charge is 0.306 e. The van der Waals surface area contributed by atoms with E-state index in [4.69, 9.17) is 4.74 Å². The number of aliphatic hydroxyl groups is 1. The summed E-state index contributed by atoms with van der Waals surface area (Å²) in [6, 6.07) is 0. The zero-order chi connectivity index (χ0) is 12.8. The number of carbonyl (C=O) groups excluding carboxylic acids is 2. The second kappa shape index (κ2) is 6.74. The summed E-state index contributed by atoms with van der Waals surface area (Å²) in [6.07, 6.45) is 2.44. The van der Waals surface area contributed by atoms with Gasteiger partial charge in [-0.25, -0.2) is 0 Å². The monoisotopic (exact) mass is 242 g/mol. The van der Waals surface area contributed by atoms with Gasteiger partial charge in [-0.2, -0.15) is 0 Å². The maximum absolute atomic E-state index is 11.8. The minimum Gasteiger partial charge on any atom is -0.466 e. The van der Waals surface area contributed by atoms with E-state index < -0.39 is 0 Å². The molecule has 0 amide bonds. The van der Waals surface area contributed by atoms with E-state index in [-0.39, 0.29) is 42.5 Å². The molecule has 0 aromatic rings. The van der Waals surface area contributed by atoms with Gasteiger partial charge in [-0.15, -0.1) is 0 Å². The molecule has 4 heteroatoms. The first-order chi connectivity index (χ1) is 8.13. The van der Waals surface area contributed by atoms with Gasteiger partial charge in [0.05, 0.1) is 13.0 Å². The molecule has 0 spiro atoms. The predicted molar refractivity (Wildman–Crippen MR) is 63.3 cm³/mol. The predicted octanol–water partition coefficient (Wildman–Crippen LogP) is 1.55. The molecule has 0 aromatic heterocycles. The van der Waals surface area contributed by atoms with Gasteiger partial charge < -0.3 is 9.84 Å². The maximum atomic E-state index is 11.8. The van der Waals surface area contributed by atoms with Crippen LogP contribution in [0.25, 0.3) is 0 Å². The lowest BCUT2D eigenvalue weighted by Gasteiger charge is -2.21. The highest BCUT2D eigenvalue weighted by Gasteiger charge is 2.42. The van der Waals surface area contributed by atoms with Crippen molar-refractivity contribution < 1.29 is 19.4 Å². The number of esters is 1. The molecule has 1 N–H and O–H groups in total. The molecule has 3 atom stereocenters. The summed E-state index contributed by atoms with van der Waals surface area (Å²) in [7, 11) is 0. The van der Waals surface area contributed by atoms with Crippen molar-refractivity contribution in [2.45, 2.75) is 39.5 Å². The molecule has 1 rings (SSSR count). The molecule has 98 valence electrons. The molecule has 0 heterocycles. The first kappa shape index (κ1) is 14.2. The molecule has 0 bridgehead atoms. The molecule has 17 heavy (non-hydrogen) atoms. The number of Topliss-reactive ketones (excluding diaryl/α,β-unsaturated/α-hetero) is 1. The van der Waals surface area contributed by atoms with E-state index in [0.717, 1.165) is 12.8 Å². The standard InChI is InChI=1S/C13H22O4/c1-3-5-10-9(8-14)6-12(15)11(10)7-13(16)17-4-2/h9-11,14H,3-8H2,1-2H3/t9-,10+,11-/m0/s1. The van der Waals surface area contributed by atoms with Crippen molar-refractivity contribution in [2.24, 2.45) is 17.8 Å². The average Bonchev–Trinajstić information content (AvgIpc) is 2.58. The largest absolute Gasteiger partial charge is 0.466 e. The lowest BCUT2D eigenvalue weighted by molar-refractivity contribution is -0.146. The number of ether oxygens (including phenoxy) is 1. The SMILES string of the molecule is CCC[C@@H]1[C@H](CO)CC(=O)[C@H]1CC(=O)OCC. The van der Waals surface area contributed by atoms with Crippen molar-refractivity contribution in [1.82, 2.24) is 0 Å². The topological polar surface area (TPSA) is 63.6 Å². The number of rotatable bonds is 6. The third kappa shape index (κ3) is 3.53. The van der Waals surface area contributed by atoms with Gasteiger partial charge in [-0.05, 0) is 25.2 Å². The molecule has 0 aliphatic heterocycles. The van der Waals surface area contributed by atoms with Gasteiger partial charge in [-0.1, -0.05) is 13.3 Å². The Morgan fingerprint density at radius 1 is 1.47 bits per heavy atom. The third-order valence-electron chi connectivity index (χ3n) is 3.55. The zero-order valence-electron chi connectivity index (χ0n) is 10.6. The highest BCUT2D eigenvalue weighted by atomic mass is 16.5. The zero-order valence-corrected chi connectivity index (χ0v) is 10.6.